The van der Waals surface area contributed by atoms with Crippen molar-refractivity contribution in [3.8, 4) is 11.1 Å². The molecule has 17 heavy (non-hydrogen) atoms. The fourth-order valence-electron chi connectivity index (χ4n) is 2.35. The maximum atomic E-state index is 4.38. The van der Waals surface area contributed by atoms with Crippen LogP contribution in [0, 0.1) is 0 Å². The van der Waals surface area contributed by atoms with Crippen LogP contribution in [0.25, 0.3) is 11.1 Å². The highest BCUT2D eigenvalue weighted by molar-refractivity contribution is 5.69. The molecule has 1 aromatic carbocycles. The van der Waals surface area contributed by atoms with Crippen LogP contribution in [0.5, 0.6) is 0 Å². The monoisotopic (exact) mass is 227 g/mol. The smallest absolute Gasteiger partial charge is 0.0568 e. The van der Waals surface area contributed by atoms with Gasteiger partial charge in [0.05, 0.1) is 6.20 Å². The Hall–Kier alpha value is -1.77. The third kappa shape index (κ3) is 1.93. The molecule has 0 amide bonds. The largest absolute Gasteiger partial charge is 0.384 e. The van der Waals surface area contributed by atoms with Crippen molar-refractivity contribution in [2.45, 2.75) is 26.3 Å². The van der Waals surface area contributed by atoms with Crippen LogP contribution >= 0.6 is 0 Å². The minimum atomic E-state index is 0.993. The second kappa shape index (κ2) is 4.24. The topological polar surface area (TPSA) is 29.9 Å². The molecule has 0 bridgehead atoms. The van der Waals surface area contributed by atoms with Gasteiger partial charge in [-0.05, 0) is 36.1 Å². The van der Waals surface area contributed by atoms with Crippen molar-refractivity contribution in [3.05, 3.63) is 36.2 Å². The van der Waals surface area contributed by atoms with E-state index in [1.807, 2.05) is 10.9 Å². The summed E-state index contributed by atoms with van der Waals surface area (Å²) in [5.41, 5.74) is 5.20. The average Bonchev–Trinajstić information content (AvgIpc) is 2.96. The number of fused-ring (bicyclic) bond motifs is 1. The first-order valence-electron chi connectivity index (χ1n) is 6.26. The first-order valence-corrected chi connectivity index (χ1v) is 6.26. The van der Waals surface area contributed by atoms with E-state index in [-0.39, 0.29) is 0 Å². The number of nitrogens with one attached hydrogen (secondary N) is 1. The molecule has 3 rings (SSSR count). The molecule has 0 aliphatic carbocycles. The Morgan fingerprint density at radius 1 is 1.35 bits per heavy atom. The molecule has 1 aliphatic heterocycles. The predicted octanol–water partition coefficient (Wildman–Crippen LogP) is 2.93. The van der Waals surface area contributed by atoms with Gasteiger partial charge < -0.3 is 5.32 Å². The number of rotatable bonds is 3. The third-order valence-electron chi connectivity index (χ3n) is 3.23. The molecule has 0 radical (unpaired) electrons. The Morgan fingerprint density at radius 3 is 3.18 bits per heavy atom. The predicted molar refractivity (Wildman–Crippen MR) is 70.1 cm³/mol. The van der Waals surface area contributed by atoms with Gasteiger partial charge in [0, 0.05) is 30.5 Å². The number of anilines is 1. The lowest BCUT2D eigenvalue weighted by Gasteiger charge is -2.02. The summed E-state index contributed by atoms with van der Waals surface area (Å²) in [5, 5.41) is 7.76. The minimum Gasteiger partial charge on any atom is -0.384 e. The molecule has 0 saturated heterocycles. The Bertz CT molecular complexity index is 528. The number of aromatic nitrogens is 2. The molecule has 1 aromatic heterocycles. The normalized spacial score (nSPS) is 13.5. The molecular weight excluding hydrogens is 210 g/mol. The van der Waals surface area contributed by atoms with Gasteiger partial charge in [0.1, 0.15) is 0 Å². The molecule has 1 aliphatic rings. The van der Waals surface area contributed by atoms with Crippen LogP contribution in [-0.2, 0) is 13.0 Å². The first kappa shape index (κ1) is 10.4. The zero-order chi connectivity index (χ0) is 11.7. The van der Waals surface area contributed by atoms with Gasteiger partial charge >= 0.3 is 0 Å². The fourth-order valence-corrected chi connectivity index (χ4v) is 2.35. The van der Waals surface area contributed by atoms with E-state index in [0.29, 0.717) is 0 Å². The van der Waals surface area contributed by atoms with Crippen LogP contribution in [0.4, 0.5) is 5.69 Å². The molecule has 3 nitrogen and oxygen atoms in total. The van der Waals surface area contributed by atoms with Gasteiger partial charge in [-0.25, -0.2) is 0 Å². The summed E-state index contributed by atoms with van der Waals surface area (Å²) in [6.07, 6.45) is 6.34. The van der Waals surface area contributed by atoms with Crippen LogP contribution < -0.4 is 5.32 Å². The maximum absolute atomic E-state index is 4.38. The summed E-state index contributed by atoms with van der Waals surface area (Å²) in [6.45, 7) is 4.22. The summed E-state index contributed by atoms with van der Waals surface area (Å²) in [5.74, 6) is 0. The quantitative estimate of drug-likeness (QED) is 0.873. The van der Waals surface area contributed by atoms with Crippen LogP contribution in [0.3, 0.4) is 0 Å². The van der Waals surface area contributed by atoms with Crippen molar-refractivity contribution in [1.29, 1.82) is 0 Å². The molecule has 3 heteroatoms. The Labute approximate surface area is 101 Å². The second-order valence-corrected chi connectivity index (χ2v) is 4.54. The number of hydrogen-bond donors (Lipinski definition) is 1. The maximum Gasteiger partial charge on any atom is 0.0568 e. The summed E-state index contributed by atoms with van der Waals surface area (Å²) in [4.78, 5) is 0. The van der Waals surface area contributed by atoms with Gasteiger partial charge in [-0.2, -0.15) is 5.10 Å². The molecule has 2 aromatic rings. The van der Waals surface area contributed by atoms with Crippen molar-refractivity contribution >= 4 is 5.69 Å². The van der Waals surface area contributed by atoms with Gasteiger partial charge in [0.15, 0.2) is 0 Å². The molecule has 1 N–H and O–H groups in total. The van der Waals surface area contributed by atoms with E-state index in [0.717, 1.165) is 25.9 Å². The van der Waals surface area contributed by atoms with Crippen molar-refractivity contribution < 1.29 is 0 Å². The van der Waals surface area contributed by atoms with E-state index in [1.54, 1.807) is 0 Å². The van der Waals surface area contributed by atoms with Gasteiger partial charge in [-0.1, -0.05) is 13.0 Å². The molecule has 0 spiro atoms. The summed E-state index contributed by atoms with van der Waals surface area (Å²) in [7, 11) is 0. The van der Waals surface area contributed by atoms with Crippen molar-refractivity contribution in [2.24, 2.45) is 0 Å². The fraction of sp³-hybridized carbons (Fsp3) is 0.357. The van der Waals surface area contributed by atoms with Crippen LogP contribution in [0.2, 0.25) is 0 Å². The van der Waals surface area contributed by atoms with E-state index in [4.69, 9.17) is 0 Å². The molecule has 2 heterocycles. The highest BCUT2D eigenvalue weighted by Gasteiger charge is 2.11. The van der Waals surface area contributed by atoms with Crippen molar-refractivity contribution in [2.75, 3.05) is 11.9 Å². The lowest BCUT2D eigenvalue weighted by molar-refractivity contribution is 0.603. The average molecular weight is 227 g/mol. The summed E-state index contributed by atoms with van der Waals surface area (Å²) >= 11 is 0. The van der Waals surface area contributed by atoms with E-state index in [9.17, 15) is 0 Å². The SMILES string of the molecule is CCCn1cc(-c2ccc3c(c2)CCN3)cn1. The van der Waals surface area contributed by atoms with Gasteiger partial charge in [-0.15, -0.1) is 0 Å². The Morgan fingerprint density at radius 2 is 2.29 bits per heavy atom. The lowest BCUT2D eigenvalue weighted by Crippen LogP contribution is -1.95. The standard InChI is InChI=1S/C14H17N3/c1-2-7-17-10-13(9-16-17)11-3-4-14-12(8-11)5-6-15-14/h3-4,8-10,15H,2,5-7H2,1H3. The zero-order valence-corrected chi connectivity index (χ0v) is 10.1. The highest BCUT2D eigenvalue weighted by Crippen LogP contribution is 2.28. The second-order valence-electron chi connectivity index (χ2n) is 4.54. The van der Waals surface area contributed by atoms with Crippen molar-refractivity contribution in [1.82, 2.24) is 9.78 Å². The summed E-state index contributed by atoms with van der Waals surface area (Å²) < 4.78 is 2.01. The van der Waals surface area contributed by atoms with Gasteiger partial charge in [-0.3, -0.25) is 4.68 Å². The summed E-state index contributed by atoms with van der Waals surface area (Å²) in [6, 6.07) is 6.63. The van der Waals surface area contributed by atoms with E-state index < -0.39 is 0 Å². The first-order chi connectivity index (χ1) is 8.36. The van der Waals surface area contributed by atoms with E-state index in [2.05, 4.69) is 41.7 Å². The third-order valence-corrected chi connectivity index (χ3v) is 3.23. The number of nitrogens with zero attached hydrogens (tertiary/aromatic N) is 2. The highest BCUT2D eigenvalue weighted by atomic mass is 15.3. The molecule has 0 atom stereocenters. The van der Waals surface area contributed by atoms with Crippen molar-refractivity contribution in [3.63, 3.8) is 0 Å². The lowest BCUT2D eigenvalue weighted by atomic mass is 10.0. The molecular formula is C14H17N3. The zero-order valence-electron chi connectivity index (χ0n) is 10.1. The van der Waals surface area contributed by atoms with Crippen LogP contribution in [-0.4, -0.2) is 16.3 Å². The molecule has 0 fully saturated rings. The number of benzene rings is 1. The number of aryl methyl sites for hydroxylation is 1. The molecule has 0 saturated carbocycles. The molecule has 0 unspecified atom stereocenters. The Kier molecular flexibility index (Phi) is 2.59. The Balaban J connectivity index is 1.92. The van der Waals surface area contributed by atoms with Gasteiger partial charge in [0.2, 0.25) is 0 Å². The van der Waals surface area contributed by atoms with Crippen LogP contribution in [0.1, 0.15) is 18.9 Å². The van der Waals surface area contributed by atoms with E-state index >= 15 is 0 Å². The van der Waals surface area contributed by atoms with Crippen LogP contribution in [0.15, 0.2) is 30.6 Å². The molecule has 88 valence electrons. The minimum absolute atomic E-state index is 0.993. The van der Waals surface area contributed by atoms with Gasteiger partial charge in [0.25, 0.3) is 0 Å². The van der Waals surface area contributed by atoms with E-state index in [1.165, 1.54) is 22.4 Å². The number of hydrogen-bond acceptors (Lipinski definition) is 2.